The van der Waals surface area contributed by atoms with Crippen LogP contribution in [-0.2, 0) is 11.3 Å². The summed E-state index contributed by atoms with van der Waals surface area (Å²) in [6.45, 7) is 7.67. The number of nitrogens with zero attached hydrogens (tertiary/aromatic N) is 1. The van der Waals surface area contributed by atoms with Crippen LogP contribution in [0.1, 0.15) is 36.4 Å². The molecule has 7 nitrogen and oxygen atoms in total. The molecule has 0 saturated heterocycles. The molecule has 0 fully saturated rings. The number of carbonyl (C=O) groups excluding carboxylic acids is 1. The first-order valence-electron chi connectivity index (χ1n) is 9.26. The summed E-state index contributed by atoms with van der Waals surface area (Å²) in [5, 5.41) is 9.32. The third kappa shape index (κ3) is 8.75. The van der Waals surface area contributed by atoms with E-state index in [1.807, 2.05) is 38.1 Å². The second-order valence-electron chi connectivity index (χ2n) is 5.80. The van der Waals surface area contributed by atoms with Gasteiger partial charge in [-0.25, -0.2) is 4.99 Å². The van der Waals surface area contributed by atoms with Gasteiger partial charge in [-0.1, -0.05) is 12.1 Å². The van der Waals surface area contributed by atoms with Crippen LogP contribution in [0.4, 0.5) is 5.69 Å². The second kappa shape index (κ2) is 14.0. The minimum Gasteiger partial charge on any atom is -0.459 e. The molecule has 3 N–H and O–H groups in total. The lowest BCUT2D eigenvalue weighted by Gasteiger charge is -2.11. The van der Waals surface area contributed by atoms with Crippen LogP contribution in [-0.4, -0.2) is 38.2 Å². The minimum absolute atomic E-state index is 0. The Morgan fingerprint density at radius 2 is 1.93 bits per heavy atom. The number of halogens is 1. The largest absolute Gasteiger partial charge is 0.459 e. The summed E-state index contributed by atoms with van der Waals surface area (Å²) in [5.74, 6) is 0.801. The molecule has 0 saturated carbocycles. The fraction of sp³-hybridized carbons (Fsp3) is 0.400. The molecule has 154 valence electrons. The minimum atomic E-state index is -0.267. The fourth-order valence-corrected chi connectivity index (χ4v) is 2.33. The van der Waals surface area contributed by atoms with Gasteiger partial charge in [-0.15, -0.1) is 24.0 Å². The van der Waals surface area contributed by atoms with E-state index in [1.54, 1.807) is 12.1 Å². The van der Waals surface area contributed by atoms with Crippen LogP contribution in [0, 0.1) is 0 Å². The van der Waals surface area contributed by atoms with Crippen molar-refractivity contribution in [2.45, 2.75) is 26.8 Å². The van der Waals surface area contributed by atoms with Crippen LogP contribution in [0.25, 0.3) is 0 Å². The zero-order valence-corrected chi connectivity index (χ0v) is 18.7. The quantitative estimate of drug-likeness (QED) is 0.201. The summed E-state index contributed by atoms with van der Waals surface area (Å²) < 4.78 is 10.4. The van der Waals surface area contributed by atoms with Crippen LogP contribution in [0.3, 0.4) is 0 Å². The van der Waals surface area contributed by atoms with Gasteiger partial charge in [0.1, 0.15) is 0 Å². The number of aliphatic imine (C=N–C) groups is 1. The van der Waals surface area contributed by atoms with E-state index in [9.17, 15) is 4.79 Å². The lowest BCUT2D eigenvalue weighted by atomic mass is 10.2. The lowest BCUT2D eigenvalue weighted by molar-refractivity contribution is 0.0996. The predicted molar refractivity (Wildman–Crippen MR) is 122 cm³/mol. The fourth-order valence-electron chi connectivity index (χ4n) is 2.33. The first-order chi connectivity index (χ1) is 13.2. The Balaban J connectivity index is 0.00000392. The van der Waals surface area contributed by atoms with Gasteiger partial charge < -0.3 is 25.1 Å². The molecule has 1 amide bonds. The smallest absolute Gasteiger partial charge is 0.291 e. The first-order valence-corrected chi connectivity index (χ1v) is 9.26. The van der Waals surface area contributed by atoms with Crippen molar-refractivity contribution >= 4 is 41.5 Å². The number of benzene rings is 1. The van der Waals surface area contributed by atoms with Crippen LogP contribution in [0.15, 0.2) is 52.1 Å². The highest BCUT2D eigenvalue weighted by molar-refractivity contribution is 14.0. The highest BCUT2D eigenvalue weighted by atomic mass is 127. The Bertz CT molecular complexity index is 703. The molecular weight excluding hydrogens is 471 g/mol. The van der Waals surface area contributed by atoms with E-state index in [0.717, 1.165) is 44.2 Å². The number of hydrogen-bond donors (Lipinski definition) is 3. The van der Waals surface area contributed by atoms with Crippen LogP contribution in [0.2, 0.25) is 0 Å². The number of amides is 1. The lowest BCUT2D eigenvalue weighted by Crippen LogP contribution is -2.38. The number of hydrogen-bond acceptors (Lipinski definition) is 4. The molecule has 8 heteroatoms. The molecule has 0 radical (unpaired) electrons. The van der Waals surface area contributed by atoms with E-state index in [-0.39, 0.29) is 35.6 Å². The van der Waals surface area contributed by atoms with Gasteiger partial charge in [0.2, 0.25) is 0 Å². The molecule has 0 spiro atoms. The van der Waals surface area contributed by atoms with Crippen molar-refractivity contribution in [2.24, 2.45) is 4.99 Å². The molecule has 0 unspecified atom stereocenters. The maximum atomic E-state index is 12.0. The summed E-state index contributed by atoms with van der Waals surface area (Å²) in [5.41, 5.74) is 1.77. The summed E-state index contributed by atoms with van der Waals surface area (Å²) in [4.78, 5) is 16.5. The average molecular weight is 500 g/mol. The van der Waals surface area contributed by atoms with Gasteiger partial charge in [-0.2, -0.15) is 0 Å². The maximum Gasteiger partial charge on any atom is 0.291 e. The molecule has 1 aromatic carbocycles. The molecule has 1 aromatic heterocycles. The molecule has 0 bridgehead atoms. The number of ether oxygens (including phenoxy) is 1. The van der Waals surface area contributed by atoms with Gasteiger partial charge in [-0.05, 0) is 50.1 Å². The number of anilines is 1. The summed E-state index contributed by atoms with van der Waals surface area (Å²) >= 11 is 0. The Morgan fingerprint density at radius 1 is 1.14 bits per heavy atom. The Morgan fingerprint density at radius 3 is 2.57 bits per heavy atom. The zero-order valence-electron chi connectivity index (χ0n) is 16.4. The number of nitrogens with one attached hydrogen (secondary N) is 3. The van der Waals surface area contributed by atoms with Gasteiger partial charge >= 0.3 is 0 Å². The van der Waals surface area contributed by atoms with Gasteiger partial charge in [-0.3, -0.25) is 4.79 Å². The first kappa shape index (κ1) is 24.0. The molecule has 0 aliphatic carbocycles. The van der Waals surface area contributed by atoms with Crippen LogP contribution >= 0.6 is 24.0 Å². The molecule has 0 aliphatic rings. The van der Waals surface area contributed by atoms with E-state index in [4.69, 9.17) is 9.15 Å². The monoisotopic (exact) mass is 500 g/mol. The van der Waals surface area contributed by atoms with Gasteiger partial charge in [0.05, 0.1) is 12.8 Å². The van der Waals surface area contributed by atoms with E-state index < -0.39 is 0 Å². The summed E-state index contributed by atoms with van der Waals surface area (Å²) in [7, 11) is 0. The van der Waals surface area contributed by atoms with Crippen molar-refractivity contribution in [2.75, 3.05) is 31.6 Å². The van der Waals surface area contributed by atoms with Crippen molar-refractivity contribution in [3.63, 3.8) is 0 Å². The number of furan rings is 1. The van der Waals surface area contributed by atoms with Crippen LogP contribution < -0.4 is 16.0 Å². The highest BCUT2D eigenvalue weighted by Crippen LogP contribution is 2.12. The van der Waals surface area contributed by atoms with Gasteiger partial charge in [0.25, 0.3) is 5.91 Å². The SMILES string of the molecule is CCNC(=NCc1ccc(NC(=O)c2ccco2)cc1)NCCCOCC.I. The van der Waals surface area contributed by atoms with Gasteiger partial charge in [0.15, 0.2) is 11.7 Å². The molecule has 0 atom stereocenters. The van der Waals surface area contributed by atoms with Crippen molar-refractivity contribution < 1.29 is 13.9 Å². The average Bonchev–Trinajstić information content (AvgIpc) is 3.22. The number of carbonyl (C=O) groups is 1. The normalized spacial score (nSPS) is 10.9. The standard InChI is InChI=1S/C20H28N4O3.HI/c1-3-21-20(22-12-6-13-26-4-2)23-15-16-8-10-17(11-9-16)24-19(25)18-7-5-14-27-18;/h5,7-11,14H,3-4,6,12-13,15H2,1-2H3,(H,24,25)(H2,21,22,23);1H. The van der Waals surface area contributed by atoms with Crippen molar-refractivity contribution in [3.8, 4) is 0 Å². The number of rotatable bonds is 10. The second-order valence-corrected chi connectivity index (χ2v) is 5.80. The van der Waals surface area contributed by atoms with Crippen LogP contribution in [0.5, 0.6) is 0 Å². The van der Waals surface area contributed by atoms with E-state index in [2.05, 4.69) is 20.9 Å². The van der Waals surface area contributed by atoms with Crippen molar-refractivity contribution in [1.82, 2.24) is 10.6 Å². The molecule has 2 aromatic rings. The molecule has 1 heterocycles. The Hall–Kier alpha value is -2.07. The van der Waals surface area contributed by atoms with E-state index >= 15 is 0 Å². The molecule has 28 heavy (non-hydrogen) atoms. The third-order valence-corrected chi connectivity index (χ3v) is 3.68. The molecular formula is C20H29IN4O3. The number of guanidine groups is 1. The molecule has 0 aliphatic heterocycles. The van der Waals surface area contributed by atoms with E-state index in [0.29, 0.717) is 12.2 Å². The maximum absolute atomic E-state index is 12.0. The zero-order chi connectivity index (χ0) is 19.3. The Kier molecular flexibility index (Phi) is 12.0. The Labute approximate surface area is 183 Å². The summed E-state index contributed by atoms with van der Waals surface area (Å²) in [6.07, 6.45) is 2.41. The van der Waals surface area contributed by atoms with Gasteiger partial charge in [0, 0.05) is 32.0 Å². The topological polar surface area (TPSA) is 87.9 Å². The summed E-state index contributed by atoms with van der Waals surface area (Å²) in [6, 6.07) is 10.9. The van der Waals surface area contributed by atoms with E-state index in [1.165, 1.54) is 6.26 Å². The van der Waals surface area contributed by atoms with Crippen molar-refractivity contribution in [3.05, 3.63) is 54.0 Å². The third-order valence-electron chi connectivity index (χ3n) is 3.68. The predicted octanol–water partition coefficient (Wildman–Crippen LogP) is 3.63. The molecule has 2 rings (SSSR count). The van der Waals surface area contributed by atoms with Crippen molar-refractivity contribution in [1.29, 1.82) is 0 Å². The highest BCUT2D eigenvalue weighted by Gasteiger charge is 2.08.